The molecule has 8 heavy (non-hydrogen) atoms. The molecule has 2 heteroatoms. The number of hydrogen-bond acceptors (Lipinski definition) is 2. The van der Waals surface area contributed by atoms with E-state index < -0.39 is 0 Å². The zero-order chi connectivity index (χ0) is 5.56. The lowest BCUT2D eigenvalue weighted by Crippen LogP contribution is -2.41. The van der Waals surface area contributed by atoms with Gasteiger partial charge in [-0.2, -0.15) is 0 Å². The molecule has 0 amide bonds. The van der Waals surface area contributed by atoms with Crippen LogP contribution in [-0.2, 0) is 0 Å². The van der Waals surface area contributed by atoms with Gasteiger partial charge in [-0.1, -0.05) is 0 Å². The predicted molar refractivity (Wildman–Crippen MR) is 32.8 cm³/mol. The van der Waals surface area contributed by atoms with E-state index in [4.69, 9.17) is 0 Å². The maximum absolute atomic E-state index is 3.44. The van der Waals surface area contributed by atoms with Crippen molar-refractivity contribution in [2.75, 3.05) is 20.1 Å². The van der Waals surface area contributed by atoms with Crippen LogP contribution >= 0.6 is 0 Å². The van der Waals surface area contributed by atoms with Gasteiger partial charge in [0, 0.05) is 25.2 Å². The molecule has 1 heterocycles. The fourth-order valence-electron chi connectivity index (χ4n) is 1.48. The van der Waals surface area contributed by atoms with Gasteiger partial charge in [0.2, 0.25) is 0 Å². The molecule has 0 aromatic carbocycles. The van der Waals surface area contributed by atoms with Crippen LogP contribution in [0.25, 0.3) is 0 Å². The second-order valence-electron chi connectivity index (χ2n) is 2.84. The molecule has 0 radical (unpaired) electrons. The zero-order valence-corrected chi connectivity index (χ0v) is 5.22. The number of likely N-dealkylation sites (N-methyl/N-ethyl adjacent to an activating group) is 1. The van der Waals surface area contributed by atoms with Crippen molar-refractivity contribution >= 4 is 0 Å². The molecule has 0 aromatic rings. The van der Waals surface area contributed by atoms with Gasteiger partial charge in [-0.25, -0.2) is 0 Å². The summed E-state index contributed by atoms with van der Waals surface area (Å²) < 4.78 is 0. The largest absolute Gasteiger partial charge is 0.311 e. The monoisotopic (exact) mass is 112 g/mol. The Bertz CT molecular complexity index is 103. The van der Waals surface area contributed by atoms with Crippen molar-refractivity contribution in [1.29, 1.82) is 0 Å². The Labute approximate surface area is 49.9 Å². The lowest BCUT2D eigenvalue weighted by atomic mass is 10.4. The second kappa shape index (κ2) is 1.45. The minimum absolute atomic E-state index is 0.855. The molecule has 1 N–H and O–H groups in total. The molecule has 1 saturated heterocycles. The van der Waals surface area contributed by atoms with Crippen LogP contribution in [0.3, 0.4) is 0 Å². The summed E-state index contributed by atoms with van der Waals surface area (Å²) >= 11 is 0. The van der Waals surface area contributed by atoms with Crippen LogP contribution in [-0.4, -0.2) is 37.1 Å². The highest BCUT2D eigenvalue weighted by Gasteiger charge is 2.41. The number of hydrogen-bond donors (Lipinski definition) is 1. The van der Waals surface area contributed by atoms with Gasteiger partial charge in [0.05, 0.1) is 0 Å². The average Bonchev–Trinajstić information content (AvgIpc) is 2.45. The highest BCUT2D eigenvalue weighted by atomic mass is 15.3. The van der Waals surface area contributed by atoms with Crippen LogP contribution in [0.5, 0.6) is 0 Å². The van der Waals surface area contributed by atoms with Gasteiger partial charge in [0.15, 0.2) is 0 Å². The fourth-order valence-corrected chi connectivity index (χ4v) is 1.48. The van der Waals surface area contributed by atoms with Gasteiger partial charge in [-0.3, -0.25) is 0 Å². The van der Waals surface area contributed by atoms with E-state index in [1.165, 1.54) is 19.5 Å². The summed E-state index contributed by atoms with van der Waals surface area (Å²) in [5.41, 5.74) is 0. The molecule has 1 saturated carbocycles. The van der Waals surface area contributed by atoms with Crippen LogP contribution in [0.2, 0.25) is 0 Å². The normalized spacial score (nSPS) is 46.1. The van der Waals surface area contributed by atoms with Crippen LogP contribution in [0, 0.1) is 0 Å². The van der Waals surface area contributed by atoms with E-state index in [2.05, 4.69) is 17.3 Å². The molecule has 0 bridgehead atoms. The second-order valence-corrected chi connectivity index (χ2v) is 2.84. The molecule has 1 aliphatic heterocycles. The maximum atomic E-state index is 3.44. The Morgan fingerprint density at radius 3 is 3.12 bits per heavy atom. The lowest BCUT2D eigenvalue weighted by Gasteiger charge is -2.21. The van der Waals surface area contributed by atoms with E-state index in [1.807, 2.05) is 0 Å². The minimum atomic E-state index is 0.855. The summed E-state index contributed by atoms with van der Waals surface area (Å²) in [7, 11) is 2.21. The van der Waals surface area contributed by atoms with Crippen molar-refractivity contribution in [2.45, 2.75) is 18.5 Å². The summed E-state index contributed by atoms with van der Waals surface area (Å²) in [6, 6.07) is 1.75. The molecule has 2 aliphatic rings. The van der Waals surface area contributed by atoms with Gasteiger partial charge in [0.25, 0.3) is 0 Å². The van der Waals surface area contributed by atoms with E-state index in [0.717, 1.165) is 12.1 Å². The van der Waals surface area contributed by atoms with Gasteiger partial charge in [-0.05, 0) is 13.5 Å². The first-order valence-corrected chi connectivity index (χ1v) is 3.31. The highest BCUT2D eigenvalue weighted by molar-refractivity contribution is 5.03. The predicted octanol–water partition coefficient (Wildman–Crippen LogP) is -0.338. The Morgan fingerprint density at radius 2 is 2.50 bits per heavy atom. The number of fused-ring (bicyclic) bond motifs is 1. The summed E-state index contributed by atoms with van der Waals surface area (Å²) in [5, 5.41) is 3.44. The SMILES string of the molecule is CN1CCN[C@@H]2C[C@@H]21. The topological polar surface area (TPSA) is 15.3 Å². The zero-order valence-electron chi connectivity index (χ0n) is 5.22. The molecule has 1 aliphatic carbocycles. The van der Waals surface area contributed by atoms with Gasteiger partial charge in [0.1, 0.15) is 0 Å². The maximum Gasteiger partial charge on any atom is 0.0262 e. The third kappa shape index (κ3) is 0.565. The van der Waals surface area contributed by atoms with Gasteiger partial charge in [-0.15, -0.1) is 0 Å². The molecule has 0 spiro atoms. The number of nitrogens with zero attached hydrogens (tertiary/aromatic N) is 1. The van der Waals surface area contributed by atoms with E-state index in [0.29, 0.717) is 0 Å². The van der Waals surface area contributed by atoms with Crippen molar-refractivity contribution < 1.29 is 0 Å². The Morgan fingerprint density at radius 1 is 1.62 bits per heavy atom. The molecule has 2 nitrogen and oxygen atoms in total. The number of nitrogens with one attached hydrogen (secondary N) is 1. The van der Waals surface area contributed by atoms with Crippen molar-refractivity contribution in [3.05, 3.63) is 0 Å². The standard InChI is InChI=1S/C6H12N2/c1-8-3-2-7-5-4-6(5)8/h5-7H,2-4H2,1H3/t5-,6+/m1/s1. The van der Waals surface area contributed by atoms with Crippen molar-refractivity contribution in [1.82, 2.24) is 10.2 Å². The smallest absolute Gasteiger partial charge is 0.0262 e. The van der Waals surface area contributed by atoms with Crippen LogP contribution < -0.4 is 5.32 Å². The van der Waals surface area contributed by atoms with Crippen molar-refractivity contribution in [3.63, 3.8) is 0 Å². The van der Waals surface area contributed by atoms with Crippen molar-refractivity contribution in [2.24, 2.45) is 0 Å². The van der Waals surface area contributed by atoms with Crippen LogP contribution in [0.15, 0.2) is 0 Å². The first-order chi connectivity index (χ1) is 3.88. The van der Waals surface area contributed by atoms with Gasteiger partial charge >= 0.3 is 0 Å². The lowest BCUT2D eigenvalue weighted by molar-refractivity contribution is 0.279. The minimum Gasteiger partial charge on any atom is -0.311 e. The molecule has 46 valence electrons. The summed E-state index contributed by atoms with van der Waals surface area (Å²) in [6.45, 7) is 2.43. The third-order valence-electron chi connectivity index (χ3n) is 2.19. The van der Waals surface area contributed by atoms with E-state index >= 15 is 0 Å². The third-order valence-corrected chi connectivity index (χ3v) is 2.19. The molecule has 0 aromatic heterocycles. The number of rotatable bonds is 0. The molecule has 2 fully saturated rings. The Hall–Kier alpha value is -0.0800. The Kier molecular flexibility index (Phi) is 0.866. The van der Waals surface area contributed by atoms with E-state index in [9.17, 15) is 0 Å². The van der Waals surface area contributed by atoms with Crippen molar-refractivity contribution in [3.8, 4) is 0 Å². The van der Waals surface area contributed by atoms with Crippen LogP contribution in [0.1, 0.15) is 6.42 Å². The molecular formula is C6H12N2. The molecular weight excluding hydrogens is 100 g/mol. The summed E-state index contributed by atoms with van der Waals surface area (Å²) in [5.74, 6) is 0. The summed E-state index contributed by atoms with van der Waals surface area (Å²) in [4.78, 5) is 2.45. The first-order valence-electron chi connectivity index (χ1n) is 3.31. The average molecular weight is 112 g/mol. The molecule has 0 unspecified atom stereocenters. The quantitative estimate of drug-likeness (QED) is 0.461. The Balaban J connectivity index is 1.99. The fraction of sp³-hybridized carbons (Fsp3) is 1.00. The molecule has 2 rings (SSSR count). The van der Waals surface area contributed by atoms with Crippen LogP contribution in [0.4, 0.5) is 0 Å². The van der Waals surface area contributed by atoms with E-state index in [-0.39, 0.29) is 0 Å². The number of piperazine rings is 1. The van der Waals surface area contributed by atoms with Gasteiger partial charge < -0.3 is 10.2 Å². The summed E-state index contributed by atoms with van der Waals surface area (Å²) in [6.07, 6.45) is 1.39. The van der Waals surface area contributed by atoms with E-state index in [1.54, 1.807) is 0 Å². The highest BCUT2D eigenvalue weighted by Crippen LogP contribution is 2.28. The molecule has 2 atom stereocenters. The first kappa shape index (κ1) is 4.77.